The van der Waals surface area contributed by atoms with Crippen LogP contribution in [0.1, 0.15) is 12.0 Å². The summed E-state index contributed by atoms with van der Waals surface area (Å²) < 4.78 is 31.1. The van der Waals surface area contributed by atoms with E-state index in [4.69, 9.17) is 28.4 Å². The summed E-state index contributed by atoms with van der Waals surface area (Å²) in [6, 6.07) is 18.8. The van der Waals surface area contributed by atoms with Crippen LogP contribution in [0.15, 0.2) is 105 Å². The fourth-order valence-electron chi connectivity index (χ4n) is 3.38. The normalized spacial score (nSPS) is 10.0. The topological polar surface area (TPSA) is 124 Å². The van der Waals surface area contributed by atoms with E-state index in [-0.39, 0.29) is 17.9 Å². The lowest BCUT2D eigenvalue weighted by Gasteiger charge is -2.14. The molecule has 3 aromatic carbocycles. The van der Waals surface area contributed by atoms with Gasteiger partial charge in [0.25, 0.3) is 0 Å². The van der Waals surface area contributed by atoms with Crippen LogP contribution in [0.5, 0.6) is 23.0 Å². The molecular formula is C32H28O10. The smallest absolute Gasteiger partial charge is 0.335 e. The van der Waals surface area contributed by atoms with Crippen LogP contribution in [-0.4, -0.2) is 37.5 Å². The van der Waals surface area contributed by atoms with Crippen molar-refractivity contribution in [2.75, 3.05) is 13.6 Å². The Bertz CT molecular complexity index is 1440. The molecule has 0 amide bonds. The Hall–Kier alpha value is -5.64. The molecule has 0 saturated carbocycles. The number of carbonyl (C=O) groups is 4. The third kappa shape index (κ3) is 9.83. The molecule has 216 valence electrons. The lowest BCUT2D eigenvalue weighted by Crippen LogP contribution is -2.11. The van der Waals surface area contributed by atoms with Crippen LogP contribution in [-0.2, 0) is 35.1 Å². The van der Waals surface area contributed by atoms with Crippen molar-refractivity contribution < 1.29 is 47.6 Å². The number of aryl methyl sites for hydroxylation is 1. The summed E-state index contributed by atoms with van der Waals surface area (Å²) in [5, 5.41) is 0. The average molecular weight is 573 g/mol. The number of benzene rings is 3. The van der Waals surface area contributed by atoms with Gasteiger partial charge in [-0.25, -0.2) is 14.4 Å². The highest BCUT2D eigenvalue weighted by Crippen LogP contribution is 2.30. The van der Waals surface area contributed by atoms with E-state index in [0.29, 0.717) is 23.5 Å². The summed E-state index contributed by atoms with van der Waals surface area (Å²) in [4.78, 5) is 46.4. The van der Waals surface area contributed by atoms with Gasteiger partial charge in [0.05, 0.1) is 0 Å². The van der Waals surface area contributed by atoms with Crippen molar-refractivity contribution in [1.29, 1.82) is 0 Å². The maximum absolute atomic E-state index is 12.5. The van der Waals surface area contributed by atoms with Gasteiger partial charge in [-0.15, -0.1) is 0 Å². The van der Waals surface area contributed by atoms with Crippen LogP contribution in [0.4, 0.5) is 0 Å². The van der Waals surface area contributed by atoms with E-state index in [2.05, 4.69) is 19.7 Å². The van der Waals surface area contributed by atoms with Gasteiger partial charge in [0.1, 0.15) is 11.5 Å². The Morgan fingerprint density at radius 1 is 0.595 bits per heavy atom. The lowest BCUT2D eigenvalue weighted by molar-refractivity contribution is -0.146. The predicted molar refractivity (Wildman–Crippen MR) is 152 cm³/mol. The van der Waals surface area contributed by atoms with E-state index in [9.17, 15) is 19.2 Å². The number of carbonyl (C=O) groups excluding carboxylic acids is 4. The minimum absolute atomic E-state index is 0.0642. The van der Waals surface area contributed by atoms with Gasteiger partial charge >= 0.3 is 23.9 Å². The molecule has 3 aromatic rings. The Balaban J connectivity index is 1.57. The van der Waals surface area contributed by atoms with Gasteiger partial charge in [0.2, 0.25) is 13.6 Å². The van der Waals surface area contributed by atoms with Gasteiger partial charge in [-0.3, -0.25) is 4.79 Å². The Kier molecular flexibility index (Phi) is 11.6. The van der Waals surface area contributed by atoms with Crippen LogP contribution in [0.3, 0.4) is 0 Å². The summed E-state index contributed by atoms with van der Waals surface area (Å²) >= 11 is 0. The molecule has 0 aliphatic heterocycles. The molecule has 10 heteroatoms. The van der Waals surface area contributed by atoms with Crippen LogP contribution in [0, 0.1) is 0 Å². The largest absolute Gasteiger partial charge is 0.453 e. The van der Waals surface area contributed by atoms with Gasteiger partial charge < -0.3 is 28.4 Å². The first-order valence-corrected chi connectivity index (χ1v) is 12.5. The van der Waals surface area contributed by atoms with E-state index in [1.165, 1.54) is 0 Å². The first kappa shape index (κ1) is 30.9. The van der Waals surface area contributed by atoms with E-state index in [0.717, 1.165) is 29.4 Å². The third-order valence-electron chi connectivity index (χ3n) is 5.45. The number of esters is 4. The molecule has 3 rings (SSSR count). The quantitative estimate of drug-likeness (QED) is 0.105. The van der Waals surface area contributed by atoms with Crippen molar-refractivity contribution in [1.82, 2.24) is 0 Å². The fraction of sp³-hybridized carbons (Fsp3) is 0.125. The van der Waals surface area contributed by atoms with Crippen molar-refractivity contribution in [2.45, 2.75) is 12.8 Å². The number of hydrogen-bond donors (Lipinski definition) is 0. The van der Waals surface area contributed by atoms with Crippen LogP contribution in [0.2, 0.25) is 0 Å². The molecule has 0 radical (unpaired) electrons. The molecule has 0 bridgehead atoms. The zero-order chi connectivity index (χ0) is 30.3. The summed E-state index contributed by atoms with van der Waals surface area (Å²) in [6.45, 7) is 9.18. The van der Waals surface area contributed by atoms with Crippen molar-refractivity contribution in [2.24, 2.45) is 0 Å². The van der Waals surface area contributed by atoms with Gasteiger partial charge in [0.15, 0.2) is 11.5 Å². The van der Waals surface area contributed by atoms with E-state index in [1.54, 1.807) is 66.7 Å². The molecule has 0 aliphatic rings. The van der Waals surface area contributed by atoms with Crippen molar-refractivity contribution >= 4 is 23.9 Å². The highest BCUT2D eigenvalue weighted by molar-refractivity contribution is 5.83. The molecule has 0 N–H and O–H groups in total. The highest BCUT2D eigenvalue weighted by atomic mass is 16.7. The molecule has 0 saturated heterocycles. The maximum atomic E-state index is 12.5. The fourth-order valence-corrected chi connectivity index (χ4v) is 3.38. The Morgan fingerprint density at radius 3 is 1.62 bits per heavy atom. The van der Waals surface area contributed by atoms with Gasteiger partial charge in [0, 0.05) is 24.6 Å². The van der Waals surface area contributed by atoms with Gasteiger partial charge in [-0.1, -0.05) is 50.1 Å². The van der Waals surface area contributed by atoms with Crippen LogP contribution in [0.25, 0.3) is 11.1 Å². The Morgan fingerprint density at radius 2 is 1.10 bits per heavy atom. The molecule has 0 spiro atoms. The second-order valence-corrected chi connectivity index (χ2v) is 8.29. The van der Waals surface area contributed by atoms with Crippen molar-refractivity contribution in [3.63, 3.8) is 0 Å². The van der Waals surface area contributed by atoms with Crippen molar-refractivity contribution in [3.05, 3.63) is 110 Å². The van der Waals surface area contributed by atoms with Crippen LogP contribution >= 0.6 is 0 Å². The summed E-state index contributed by atoms with van der Waals surface area (Å²) in [5.74, 6) is -1.11. The monoisotopic (exact) mass is 572 g/mol. The molecule has 0 fully saturated rings. The van der Waals surface area contributed by atoms with E-state index < -0.39 is 37.5 Å². The van der Waals surface area contributed by atoms with Gasteiger partial charge in [-0.2, -0.15) is 0 Å². The highest BCUT2D eigenvalue weighted by Gasteiger charge is 2.12. The SMILES string of the molecule is C=CC(=O)OCOc1ccc(CCC(=O)Oc2ccc(-c3ccc(OC(=O)C=C)cc3)cc2)cc1OCOC(=O)C=C. The van der Waals surface area contributed by atoms with Crippen molar-refractivity contribution in [3.8, 4) is 34.1 Å². The minimum atomic E-state index is -0.672. The first-order chi connectivity index (χ1) is 20.3. The number of ether oxygens (including phenoxy) is 6. The zero-order valence-electron chi connectivity index (χ0n) is 22.6. The molecule has 0 atom stereocenters. The number of rotatable bonds is 15. The Labute approximate surface area is 242 Å². The molecule has 10 nitrogen and oxygen atoms in total. The maximum Gasteiger partial charge on any atom is 0.335 e. The molecule has 0 heterocycles. The molecular weight excluding hydrogens is 544 g/mol. The number of hydrogen-bond acceptors (Lipinski definition) is 10. The summed E-state index contributed by atoms with van der Waals surface area (Å²) in [6.07, 6.45) is 3.46. The average Bonchev–Trinajstić information content (AvgIpc) is 3.01. The van der Waals surface area contributed by atoms with E-state index in [1.807, 2.05) is 0 Å². The predicted octanol–water partition coefficient (Wildman–Crippen LogP) is 5.11. The van der Waals surface area contributed by atoms with Crippen LogP contribution < -0.4 is 18.9 Å². The molecule has 42 heavy (non-hydrogen) atoms. The molecule has 0 aromatic heterocycles. The second kappa shape index (κ2) is 15.8. The third-order valence-corrected chi connectivity index (χ3v) is 5.45. The summed E-state index contributed by atoms with van der Waals surface area (Å²) in [5.41, 5.74) is 2.48. The minimum Gasteiger partial charge on any atom is -0.453 e. The molecule has 0 unspecified atom stereocenters. The second-order valence-electron chi connectivity index (χ2n) is 8.29. The molecule has 0 aliphatic carbocycles. The summed E-state index contributed by atoms with van der Waals surface area (Å²) in [7, 11) is 0. The van der Waals surface area contributed by atoms with Gasteiger partial charge in [-0.05, 0) is 59.5 Å². The first-order valence-electron chi connectivity index (χ1n) is 12.5. The van der Waals surface area contributed by atoms with E-state index >= 15 is 0 Å². The zero-order valence-corrected chi connectivity index (χ0v) is 22.6. The standard InChI is InChI=1S/C32H28O10/c1-4-29(33)39-20-37-27-17-7-22(19-28(27)38-21-40-30(34)5-2)8-18-32(36)42-26-15-11-24(12-16-26)23-9-13-25(14-10-23)41-31(35)6-3/h4-7,9-17,19H,1-3,8,18,20-21H2. The lowest BCUT2D eigenvalue weighted by atomic mass is 10.1.